The summed E-state index contributed by atoms with van der Waals surface area (Å²) < 4.78 is 1.95. The van der Waals surface area contributed by atoms with Crippen molar-refractivity contribution in [3.8, 4) is 0 Å². The van der Waals surface area contributed by atoms with E-state index in [0.29, 0.717) is 12.2 Å². The number of anilines is 1. The Morgan fingerprint density at radius 1 is 1.07 bits per heavy atom. The fourth-order valence-electron chi connectivity index (χ4n) is 3.93. The summed E-state index contributed by atoms with van der Waals surface area (Å²) in [5.41, 5.74) is 10.3. The topological polar surface area (TPSA) is 77.1 Å². The molecule has 0 unspecified atom stereocenters. The SMILES string of the molecule is CC(C)(C)c1ccc(Cn2c(C(N)=O)cc3cc(NC(=O)C4CCC4)ccc32)cc1. The van der Waals surface area contributed by atoms with Crippen LogP contribution in [0.2, 0.25) is 0 Å². The van der Waals surface area contributed by atoms with E-state index < -0.39 is 5.91 Å². The molecule has 1 aromatic heterocycles. The van der Waals surface area contributed by atoms with E-state index in [1.165, 1.54) is 5.56 Å². The molecule has 1 heterocycles. The van der Waals surface area contributed by atoms with Gasteiger partial charge in [-0.15, -0.1) is 0 Å². The van der Waals surface area contributed by atoms with Gasteiger partial charge in [0.2, 0.25) is 5.91 Å². The highest BCUT2D eigenvalue weighted by Gasteiger charge is 2.25. The molecule has 1 aliphatic rings. The van der Waals surface area contributed by atoms with Crippen molar-refractivity contribution in [1.82, 2.24) is 4.57 Å². The maximum Gasteiger partial charge on any atom is 0.265 e. The normalized spacial score (nSPS) is 14.5. The van der Waals surface area contributed by atoms with E-state index >= 15 is 0 Å². The molecule has 0 aliphatic heterocycles. The van der Waals surface area contributed by atoms with Gasteiger partial charge in [-0.2, -0.15) is 0 Å². The number of nitrogens with two attached hydrogens (primary N) is 1. The number of fused-ring (bicyclic) bond motifs is 1. The highest BCUT2D eigenvalue weighted by molar-refractivity contribution is 6.00. The highest BCUT2D eigenvalue weighted by atomic mass is 16.2. The smallest absolute Gasteiger partial charge is 0.265 e. The van der Waals surface area contributed by atoms with Crippen LogP contribution >= 0.6 is 0 Å². The number of amides is 2. The van der Waals surface area contributed by atoms with Crippen molar-refractivity contribution in [2.45, 2.75) is 52.0 Å². The van der Waals surface area contributed by atoms with Crippen LogP contribution in [0.25, 0.3) is 10.9 Å². The van der Waals surface area contributed by atoms with Crippen LogP contribution in [0, 0.1) is 5.92 Å². The molecule has 1 aliphatic carbocycles. The number of hydrogen-bond acceptors (Lipinski definition) is 2. The fourth-order valence-corrected chi connectivity index (χ4v) is 3.93. The summed E-state index contributed by atoms with van der Waals surface area (Å²) in [6.07, 6.45) is 3.05. The highest BCUT2D eigenvalue weighted by Crippen LogP contribution is 2.29. The zero-order valence-corrected chi connectivity index (χ0v) is 17.9. The van der Waals surface area contributed by atoms with Crippen LogP contribution in [0.1, 0.15) is 61.6 Å². The van der Waals surface area contributed by atoms with E-state index in [1.807, 2.05) is 22.8 Å². The Labute approximate surface area is 177 Å². The van der Waals surface area contributed by atoms with Crippen molar-refractivity contribution in [3.63, 3.8) is 0 Å². The molecule has 2 aromatic carbocycles. The van der Waals surface area contributed by atoms with Crippen LogP contribution < -0.4 is 11.1 Å². The first-order chi connectivity index (χ1) is 14.2. The fraction of sp³-hybridized carbons (Fsp3) is 0.360. The lowest BCUT2D eigenvalue weighted by Crippen LogP contribution is -2.27. The van der Waals surface area contributed by atoms with E-state index in [9.17, 15) is 9.59 Å². The van der Waals surface area contributed by atoms with Gasteiger partial charge in [0.25, 0.3) is 5.91 Å². The van der Waals surface area contributed by atoms with Gasteiger partial charge in [0, 0.05) is 29.1 Å². The third-order valence-electron chi connectivity index (χ3n) is 6.06. The van der Waals surface area contributed by atoms with E-state index in [1.54, 1.807) is 6.07 Å². The van der Waals surface area contributed by atoms with Crippen molar-refractivity contribution < 1.29 is 9.59 Å². The number of nitrogens with zero attached hydrogens (tertiary/aromatic N) is 1. The van der Waals surface area contributed by atoms with Gasteiger partial charge in [0.1, 0.15) is 5.69 Å². The zero-order chi connectivity index (χ0) is 21.5. The molecule has 4 rings (SSSR count). The molecular formula is C25H29N3O2. The molecule has 3 aromatic rings. The average Bonchev–Trinajstić information content (AvgIpc) is 2.98. The lowest BCUT2D eigenvalue weighted by molar-refractivity contribution is -0.122. The maximum atomic E-state index is 12.3. The minimum absolute atomic E-state index is 0.0779. The Bertz CT molecular complexity index is 1100. The molecular weight excluding hydrogens is 374 g/mol. The number of hydrogen-bond donors (Lipinski definition) is 2. The lowest BCUT2D eigenvalue weighted by atomic mass is 9.85. The van der Waals surface area contributed by atoms with E-state index in [-0.39, 0.29) is 17.2 Å². The number of aromatic nitrogens is 1. The minimum atomic E-state index is -0.461. The number of carbonyl (C=O) groups is 2. The maximum absolute atomic E-state index is 12.3. The Hall–Kier alpha value is -3.08. The van der Waals surface area contributed by atoms with Gasteiger partial charge >= 0.3 is 0 Å². The first-order valence-electron chi connectivity index (χ1n) is 10.6. The van der Waals surface area contributed by atoms with E-state index in [2.05, 4.69) is 50.4 Å². The molecule has 5 heteroatoms. The molecule has 156 valence electrons. The molecule has 5 nitrogen and oxygen atoms in total. The molecule has 1 fully saturated rings. The van der Waals surface area contributed by atoms with Crippen molar-refractivity contribution in [1.29, 1.82) is 0 Å². The van der Waals surface area contributed by atoms with Crippen LogP contribution in [-0.2, 0) is 16.8 Å². The summed E-state index contributed by atoms with van der Waals surface area (Å²) in [5.74, 6) is -0.255. The summed E-state index contributed by atoms with van der Waals surface area (Å²) >= 11 is 0. The zero-order valence-electron chi connectivity index (χ0n) is 17.9. The molecule has 2 amide bonds. The largest absolute Gasteiger partial charge is 0.364 e. The average molecular weight is 404 g/mol. The second-order valence-corrected chi connectivity index (χ2v) is 9.32. The number of rotatable bonds is 5. The van der Waals surface area contributed by atoms with Crippen molar-refractivity contribution in [3.05, 3.63) is 65.4 Å². The van der Waals surface area contributed by atoms with Crippen molar-refractivity contribution in [2.75, 3.05) is 5.32 Å². The molecule has 0 radical (unpaired) electrons. The summed E-state index contributed by atoms with van der Waals surface area (Å²) in [4.78, 5) is 24.4. The predicted molar refractivity (Wildman–Crippen MR) is 121 cm³/mol. The molecule has 30 heavy (non-hydrogen) atoms. The summed E-state index contributed by atoms with van der Waals surface area (Å²) in [6.45, 7) is 7.12. The van der Waals surface area contributed by atoms with Gasteiger partial charge in [0.15, 0.2) is 0 Å². The molecule has 3 N–H and O–H groups in total. The molecule has 0 bridgehead atoms. The first-order valence-corrected chi connectivity index (χ1v) is 10.6. The van der Waals surface area contributed by atoms with Crippen LogP contribution in [0.4, 0.5) is 5.69 Å². The summed E-state index contributed by atoms with van der Waals surface area (Å²) in [5, 5.41) is 3.89. The number of benzene rings is 2. The molecule has 1 saturated carbocycles. The van der Waals surface area contributed by atoms with Crippen molar-refractivity contribution >= 4 is 28.4 Å². The number of carbonyl (C=O) groups excluding carboxylic acids is 2. The van der Waals surface area contributed by atoms with Gasteiger partial charge in [-0.1, -0.05) is 51.5 Å². The van der Waals surface area contributed by atoms with Gasteiger partial charge in [-0.05, 0) is 53.6 Å². The Morgan fingerprint density at radius 2 is 1.77 bits per heavy atom. The number of primary amides is 1. The van der Waals surface area contributed by atoms with Crippen LogP contribution in [0.15, 0.2) is 48.5 Å². The van der Waals surface area contributed by atoms with Gasteiger partial charge < -0.3 is 15.6 Å². The van der Waals surface area contributed by atoms with E-state index in [0.717, 1.165) is 41.4 Å². The quantitative estimate of drug-likeness (QED) is 0.640. The van der Waals surface area contributed by atoms with E-state index in [4.69, 9.17) is 5.73 Å². The third kappa shape index (κ3) is 3.97. The van der Waals surface area contributed by atoms with Crippen molar-refractivity contribution in [2.24, 2.45) is 11.7 Å². The first kappa shape index (κ1) is 20.2. The third-order valence-corrected chi connectivity index (χ3v) is 6.06. The predicted octanol–water partition coefficient (Wildman–Crippen LogP) is 4.82. The summed E-state index contributed by atoms with van der Waals surface area (Å²) in [7, 11) is 0. The van der Waals surface area contributed by atoms with Gasteiger partial charge in [0.05, 0.1) is 0 Å². The monoisotopic (exact) mass is 403 g/mol. The van der Waals surface area contributed by atoms with Crippen LogP contribution in [-0.4, -0.2) is 16.4 Å². The Balaban J connectivity index is 1.63. The summed E-state index contributed by atoms with van der Waals surface area (Å²) in [6, 6.07) is 16.0. The van der Waals surface area contributed by atoms with Crippen LogP contribution in [0.5, 0.6) is 0 Å². The van der Waals surface area contributed by atoms with Crippen LogP contribution in [0.3, 0.4) is 0 Å². The standard InChI is InChI=1S/C25H29N3O2/c1-25(2,3)19-9-7-16(8-10-19)15-28-21-12-11-20(27-24(30)17-5-4-6-17)13-18(21)14-22(28)23(26)29/h7-14,17H,4-6,15H2,1-3H3,(H2,26,29)(H,27,30). The lowest BCUT2D eigenvalue weighted by Gasteiger charge is -2.24. The minimum Gasteiger partial charge on any atom is -0.364 e. The Morgan fingerprint density at radius 3 is 2.33 bits per heavy atom. The second-order valence-electron chi connectivity index (χ2n) is 9.32. The Kier molecular flexibility index (Phi) is 5.14. The molecule has 0 atom stereocenters. The molecule has 0 spiro atoms. The molecule has 0 saturated heterocycles. The van der Waals surface area contributed by atoms with Gasteiger partial charge in [-0.3, -0.25) is 9.59 Å². The second kappa shape index (κ2) is 7.63. The number of nitrogens with one attached hydrogen (secondary N) is 1. The van der Waals surface area contributed by atoms with Gasteiger partial charge in [-0.25, -0.2) is 0 Å².